The van der Waals surface area contributed by atoms with Crippen LogP contribution in [0.3, 0.4) is 0 Å². The lowest BCUT2D eigenvalue weighted by atomic mass is 9.45. The summed E-state index contributed by atoms with van der Waals surface area (Å²) in [6, 6.07) is 0. The Hall–Kier alpha value is -0.830. The molecular weight excluding hydrogens is 460 g/mol. The molecule has 4 rings (SSSR count). The zero-order valence-corrected chi connectivity index (χ0v) is 22.9. The number of hydrogen-bond acceptors (Lipinski definition) is 7. The van der Waals surface area contributed by atoms with Gasteiger partial charge in [0.1, 0.15) is 0 Å². The van der Waals surface area contributed by atoms with E-state index in [2.05, 4.69) is 0 Å². The molecule has 0 amide bonds. The van der Waals surface area contributed by atoms with Gasteiger partial charge in [0.25, 0.3) is 0 Å². The Bertz CT molecular complexity index is 906. The maximum Gasteiger partial charge on any atom is 0.159 e. The van der Waals surface area contributed by atoms with Gasteiger partial charge in [-0.15, -0.1) is 0 Å². The van der Waals surface area contributed by atoms with Crippen molar-refractivity contribution in [1.29, 1.82) is 0 Å². The SMILES string of the molecule is CC[C@H](C[C@@H](O)[C@](C)(O)[C@H]1CC[C@@]2(O)C3=CC(=O)[C@@H]4C[C@@H](O)[C@@H](O)C[C@]4(C)[C@H]3CC[C@]12C)C(C)(C)O. The van der Waals surface area contributed by atoms with E-state index >= 15 is 0 Å². The van der Waals surface area contributed by atoms with Crippen LogP contribution in [0.5, 0.6) is 0 Å². The molecule has 0 aromatic heterocycles. The summed E-state index contributed by atoms with van der Waals surface area (Å²) >= 11 is 0. The smallest absolute Gasteiger partial charge is 0.159 e. The molecule has 206 valence electrons. The lowest BCUT2D eigenvalue weighted by molar-refractivity contribution is -0.179. The second-order valence-electron chi connectivity index (χ2n) is 13.8. The molecular formula is C29H48O7. The minimum Gasteiger partial charge on any atom is -0.390 e. The van der Waals surface area contributed by atoms with Crippen molar-refractivity contribution in [2.75, 3.05) is 0 Å². The Kier molecular flexibility index (Phi) is 6.93. The number of fused-ring (bicyclic) bond motifs is 5. The van der Waals surface area contributed by atoms with Crippen molar-refractivity contribution in [2.24, 2.45) is 34.5 Å². The maximum absolute atomic E-state index is 13.3. The van der Waals surface area contributed by atoms with Crippen LogP contribution in [0.15, 0.2) is 11.6 Å². The van der Waals surface area contributed by atoms with E-state index in [1.165, 1.54) is 0 Å². The average molecular weight is 509 g/mol. The number of allylic oxidation sites excluding steroid dienone is 1. The number of aliphatic hydroxyl groups excluding tert-OH is 3. The van der Waals surface area contributed by atoms with Crippen molar-refractivity contribution < 1.29 is 35.4 Å². The molecule has 0 radical (unpaired) electrons. The van der Waals surface area contributed by atoms with Crippen LogP contribution >= 0.6 is 0 Å². The first-order valence-electron chi connectivity index (χ1n) is 13.9. The van der Waals surface area contributed by atoms with Crippen molar-refractivity contribution in [1.82, 2.24) is 0 Å². The number of rotatable bonds is 6. The van der Waals surface area contributed by atoms with Gasteiger partial charge in [0, 0.05) is 11.3 Å². The molecule has 0 aliphatic heterocycles. The van der Waals surface area contributed by atoms with Crippen LogP contribution in [0.4, 0.5) is 0 Å². The molecule has 0 spiro atoms. The summed E-state index contributed by atoms with van der Waals surface area (Å²) in [5.41, 5.74) is -4.34. The van der Waals surface area contributed by atoms with Crippen molar-refractivity contribution in [3.05, 3.63) is 11.6 Å². The molecule has 3 saturated carbocycles. The molecule has 0 aromatic rings. The standard InChI is InChI=1S/C29H48O7/c1-7-16(25(2,3)34)12-24(33)28(6,35)23-9-11-29(36)18-13-20(30)19-14-21(31)22(32)15-26(19,4)17(18)8-10-27(23,29)5/h13,16-17,19,21-24,31-36H,7-12,14-15H2,1-6H3/t16-,17+,19+,21-,22+,23+,24-,26-,27-,28-,29-/m1/s1. The lowest BCUT2D eigenvalue weighted by Gasteiger charge is -2.60. The fourth-order valence-electron chi connectivity index (χ4n) is 9.00. The number of ketones is 1. The minimum atomic E-state index is -1.48. The summed E-state index contributed by atoms with van der Waals surface area (Å²) in [5.74, 6) is -1.16. The van der Waals surface area contributed by atoms with E-state index < -0.39 is 51.9 Å². The highest BCUT2D eigenvalue weighted by Crippen LogP contribution is 2.68. The molecule has 4 aliphatic carbocycles. The lowest BCUT2D eigenvalue weighted by Crippen LogP contribution is -2.63. The largest absolute Gasteiger partial charge is 0.390 e. The van der Waals surface area contributed by atoms with Gasteiger partial charge >= 0.3 is 0 Å². The van der Waals surface area contributed by atoms with Gasteiger partial charge < -0.3 is 30.6 Å². The van der Waals surface area contributed by atoms with Gasteiger partial charge in [-0.25, -0.2) is 0 Å². The second kappa shape index (κ2) is 8.85. The van der Waals surface area contributed by atoms with Crippen LogP contribution in [0, 0.1) is 34.5 Å². The molecule has 11 atom stereocenters. The predicted octanol–water partition coefficient (Wildman–Crippen LogP) is 2.49. The zero-order valence-electron chi connectivity index (χ0n) is 22.9. The first kappa shape index (κ1) is 28.2. The molecule has 36 heavy (non-hydrogen) atoms. The Morgan fingerprint density at radius 3 is 2.28 bits per heavy atom. The van der Waals surface area contributed by atoms with Crippen LogP contribution in [-0.4, -0.2) is 71.5 Å². The monoisotopic (exact) mass is 508 g/mol. The summed E-state index contributed by atoms with van der Waals surface area (Å²) in [5, 5.41) is 66.6. The molecule has 0 unspecified atom stereocenters. The predicted molar refractivity (Wildman–Crippen MR) is 136 cm³/mol. The number of carbonyl (C=O) groups is 1. The van der Waals surface area contributed by atoms with Gasteiger partial charge in [-0.2, -0.15) is 0 Å². The van der Waals surface area contributed by atoms with Gasteiger partial charge in [-0.3, -0.25) is 4.79 Å². The topological polar surface area (TPSA) is 138 Å². The summed E-state index contributed by atoms with van der Waals surface area (Å²) in [7, 11) is 0. The van der Waals surface area contributed by atoms with E-state index in [0.29, 0.717) is 44.1 Å². The fraction of sp³-hybridized carbons (Fsp3) is 0.897. The Labute approximate surface area is 215 Å². The average Bonchev–Trinajstić information content (AvgIpc) is 3.05. The van der Waals surface area contributed by atoms with E-state index in [4.69, 9.17) is 0 Å². The summed E-state index contributed by atoms with van der Waals surface area (Å²) in [4.78, 5) is 13.3. The zero-order chi connectivity index (χ0) is 27.1. The van der Waals surface area contributed by atoms with Crippen molar-refractivity contribution >= 4 is 5.78 Å². The number of carbonyl (C=O) groups excluding carboxylic acids is 1. The molecule has 0 heterocycles. The first-order chi connectivity index (χ1) is 16.4. The van der Waals surface area contributed by atoms with Crippen molar-refractivity contribution in [3.63, 3.8) is 0 Å². The van der Waals surface area contributed by atoms with E-state index in [1.54, 1.807) is 26.8 Å². The van der Waals surface area contributed by atoms with Gasteiger partial charge in [-0.05, 0) is 101 Å². The van der Waals surface area contributed by atoms with Gasteiger partial charge in [0.2, 0.25) is 0 Å². The summed E-state index contributed by atoms with van der Waals surface area (Å²) < 4.78 is 0. The van der Waals surface area contributed by atoms with E-state index in [1.807, 2.05) is 20.8 Å². The molecule has 3 fully saturated rings. The first-order valence-corrected chi connectivity index (χ1v) is 13.9. The van der Waals surface area contributed by atoms with E-state index in [-0.39, 0.29) is 36.4 Å². The Balaban J connectivity index is 1.66. The van der Waals surface area contributed by atoms with Crippen LogP contribution in [0.2, 0.25) is 0 Å². The van der Waals surface area contributed by atoms with Gasteiger partial charge in [0.15, 0.2) is 5.78 Å². The van der Waals surface area contributed by atoms with Crippen LogP contribution in [0.1, 0.15) is 92.9 Å². The van der Waals surface area contributed by atoms with Crippen molar-refractivity contribution in [3.8, 4) is 0 Å². The second-order valence-corrected chi connectivity index (χ2v) is 13.8. The van der Waals surface area contributed by atoms with E-state index in [0.717, 1.165) is 0 Å². The highest BCUT2D eigenvalue weighted by molar-refractivity contribution is 5.95. The number of hydrogen-bond donors (Lipinski definition) is 6. The van der Waals surface area contributed by atoms with E-state index in [9.17, 15) is 35.4 Å². The third kappa shape index (κ3) is 3.95. The molecule has 7 heteroatoms. The molecule has 0 aromatic carbocycles. The molecule has 0 bridgehead atoms. The van der Waals surface area contributed by atoms with Crippen molar-refractivity contribution in [2.45, 2.75) is 128 Å². The summed E-state index contributed by atoms with van der Waals surface area (Å²) in [6.07, 6.45) is 2.42. The molecule has 4 aliphatic rings. The van der Waals surface area contributed by atoms with Crippen LogP contribution < -0.4 is 0 Å². The third-order valence-electron chi connectivity index (χ3n) is 11.5. The maximum atomic E-state index is 13.3. The quantitative estimate of drug-likeness (QED) is 0.324. The van der Waals surface area contributed by atoms with Gasteiger partial charge in [0.05, 0.1) is 35.1 Å². The highest BCUT2D eigenvalue weighted by Gasteiger charge is 2.69. The third-order valence-corrected chi connectivity index (χ3v) is 11.5. The highest BCUT2D eigenvalue weighted by atomic mass is 16.3. The van der Waals surface area contributed by atoms with Crippen LogP contribution in [0.25, 0.3) is 0 Å². The normalized spacial score (nSPS) is 46.2. The van der Waals surface area contributed by atoms with Gasteiger partial charge in [-0.1, -0.05) is 27.2 Å². The Morgan fingerprint density at radius 2 is 1.69 bits per heavy atom. The fourth-order valence-corrected chi connectivity index (χ4v) is 9.00. The number of aliphatic hydroxyl groups is 6. The summed E-state index contributed by atoms with van der Waals surface area (Å²) in [6.45, 7) is 11.1. The van der Waals surface area contributed by atoms with Crippen LogP contribution in [-0.2, 0) is 4.79 Å². The minimum absolute atomic E-state index is 0.0892. The molecule has 0 saturated heterocycles. The molecule has 7 nitrogen and oxygen atoms in total. The molecule has 6 N–H and O–H groups in total. The Morgan fingerprint density at radius 1 is 1.06 bits per heavy atom.